The van der Waals surface area contributed by atoms with Gasteiger partial charge in [-0.1, -0.05) is 30.3 Å². The van der Waals surface area contributed by atoms with Crippen LogP contribution in [0.4, 0.5) is 0 Å². The molecule has 0 atom stereocenters. The maximum atomic E-state index is 7.18. The average molecular weight is 225 g/mol. The summed E-state index contributed by atoms with van der Waals surface area (Å²) in [6, 6.07) is 9.43. The van der Waals surface area contributed by atoms with Gasteiger partial charge >= 0.3 is 0 Å². The Bertz CT molecular complexity index is 342. The zero-order chi connectivity index (χ0) is 11.1. The summed E-state index contributed by atoms with van der Waals surface area (Å²) < 4.78 is 0. The second-order valence-corrected chi connectivity index (χ2v) is 3.60. The lowest BCUT2D eigenvalue weighted by molar-refractivity contribution is -0.230. The lowest BCUT2D eigenvalue weighted by Crippen LogP contribution is -2.10. The van der Waals surface area contributed by atoms with Gasteiger partial charge in [-0.05, 0) is 5.56 Å². The van der Waals surface area contributed by atoms with E-state index in [0.717, 1.165) is 5.56 Å². The molecule has 0 radical (unpaired) electrons. The van der Waals surface area contributed by atoms with Crippen molar-refractivity contribution in [3.05, 3.63) is 35.9 Å². The van der Waals surface area contributed by atoms with Gasteiger partial charge in [-0.15, -0.1) is 0 Å². The first kappa shape index (κ1) is 11.5. The number of nitrogens with one attached hydrogen (secondary N) is 2. The third-order valence-electron chi connectivity index (χ3n) is 1.41. The Morgan fingerprint density at radius 1 is 1.27 bits per heavy atom. The molecule has 0 amide bonds. The third kappa shape index (κ3) is 5.04. The lowest BCUT2D eigenvalue weighted by Gasteiger charge is -2.04. The molecule has 5 nitrogen and oxygen atoms in total. The molecule has 0 aliphatic heterocycles. The lowest BCUT2D eigenvalue weighted by atomic mass is 10.2. The van der Waals surface area contributed by atoms with E-state index < -0.39 is 0 Å². The Morgan fingerprint density at radius 2 is 1.93 bits per heavy atom. The molecule has 1 aromatic carbocycles. The number of nitrogens with two attached hydrogens (primary N) is 1. The number of hydrogen-bond donors (Lipinski definition) is 3. The van der Waals surface area contributed by atoms with E-state index in [9.17, 15) is 0 Å². The van der Waals surface area contributed by atoms with Gasteiger partial charge < -0.3 is 10.6 Å². The maximum absolute atomic E-state index is 7.18. The van der Waals surface area contributed by atoms with Crippen LogP contribution in [0, 0.1) is 10.8 Å². The van der Waals surface area contributed by atoms with Gasteiger partial charge in [-0.2, -0.15) is 4.89 Å². The molecule has 0 bridgehead atoms. The van der Waals surface area contributed by atoms with Crippen LogP contribution in [0.2, 0.25) is 0 Å². The molecule has 0 heterocycles. The number of rotatable bonds is 3. The summed E-state index contributed by atoms with van der Waals surface area (Å²) in [5.41, 5.74) is 5.99. The summed E-state index contributed by atoms with van der Waals surface area (Å²) in [7, 11) is 0. The normalized spacial score (nSPS) is 9.60. The topological polar surface area (TPSA) is 92.2 Å². The van der Waals surface area contributed by atoms with E-state index in [1.165, 1.54) is 0 Å². The molecule has 0 saturated carbocycles. The maximum Gasteiger partial charge on any atom is 0.291 e. The molecule has 1 aromatic rings. The van der Waals surface area contributed by atoms with Crippen LogP contribution in [0.15, 0.2) is 30.3 Å². The zero-order valence-corrected chi connectivity index (χ0v) is 8.71. The van der Waals surface area contributed by atoms with Gasteiger partial charge in [0.1, 0.15) is 6.61 Å². The van der Waals surface area contributed by atoms with Crippen molar-refractivity contribution in [3.63, 3.8) is 0 Å². The Balaban J connectivity index is 2.22. The minimum Gasteiger partial charge on any atom is -0.378 e. The highest BCUT2D eigenvalue weighted by Crippen LogP contribution is 2.05. The first-order valence-electron chi connectivity index (χ1n) is 4.12. The van der Waals surface area contributed by atoms with Crippen LogP contribution in [0.25, 0.3) is 0 Å². The molecule has 0 unspecified atom stereocenters. The van der Waals surface area contributed by atoms with Crippen LogP contribution >= 0.6 is 11.8 Å². The number of amidine groups is 1. The van der Waals surface area contributed by atoms with Gasteiger partial charge in [-0.25, -0.2) is 0 Å². The summed E-state index contributed by atoms with van der Waals surface area (Å²) in [4.78, 5) is 9.37. The van der Waals surface area contributed by atoms with E-state index in [4.69, 9.17) is 21.4 Å². The molecule has 0 aliphatic rings. The van der Waals surface area contributed by atoms with Crippen molar-refractivity contribution in [1.29, 1.82) is 10.8 Å². The SMILES string of the molecule is N=C(N)SC(=N)OOCc1ccccc1. The van der Waals surface area contributed by atoms with Gasteiger partial charge in [0.15, 0.2) is 5.17 Å². The molecule has 4 N–H and O–H groups in total. The quantitative estimate of drug-likeness (QED) is 0.316. The first-order chi connectivity index (χ1) is 7.18. The van der Waals surface area contributed by atoms with Crippen LogP contribution < -0.4 is 5.73 Å². The summed E-state index contributed by atoms with van der Waals surface area (Å²) in [5, 5.41) is 13.6. The van der Waals surface area contributed by atoms with Crippen LogP contribution in [-0.2, 0) is 16.4 Å². The van der Waals surface area contributed by atoms with E-state index >= 15 is 0 Å². The van der Waals surface area contributed by atoms with Crippen LogP contribution in [-0.4, -0.2) is 10.4 Å². The predicted octanol–water partition coefficient (Wildman–Crippen LogP) is 1.70. The summed E-state index contributed by atoms with van der Waals surface area (Å²) in [6.07, 6.45) is 0. The second-order valence-electron chi connectivity index (χ2n) is 2.58. The van der Waals surface area contributed by atoms with E-state index in [2.05, 4.69) is 4.89 Å². The molecule has 0 saturated heterocycles. The Morgan fingerprint density at radius 3 is 2.53 bits per heavy atom. The van der Waals surface area contributed by atoms with Crippen LogP contribution in [0.3, 0.4) is 0 Å². The standard InChI is InChI=1S/C9H11N3O2S/c10-8(11)15-9(12)14-13-6-7-4-2-1-3-5-7/h1-5,12H,6H2,(H3,10,11). The number of thioether (sulfide) groups is 1. The minimum atomic E-state index is -0.251. The number of benzene rings is 1. The van der Waals surface area contributed by atoms with E-state index in [0.29, 0.717) is 11.8 Å². The molecule has 1 rings (SSSR count). The molecule has 0 spiro atoms. The number of hydrogen-bond acceptors (Lipinski definition) is 5. The third-order valence-corrected chi connectivity index (χ3v) is 1.88. The van der Waals surface area contributed by atoms with Gasteiger partial charge in [-0.3, -0.25) is 10.8 Å². The largest absolute Gasteiger partial charge is 0.378 e. The van der Waals surface area contributed by atoms with E-state index in [1.807, 2.05) is 30.3 Å². The van der Waals surface area contributed by atoms with Crippen molar-refractivity contribution < 1.29 is 9.78 Å². The Kier molecular flexibility index (Phi) is 4.65. The van der Waals surface area contributed by atoms with E-state index in [1.54, 1.807) is 0 Å². The predicted molar refractivity (Wildman–Crippen MR) is 59.5 cm³/mol. The van der Waals surface area contributed by atoms with Crippen LogP contribution in [0.5, 0.6) is 0 Å². The highest BCUT2D eigenvalue weighted by Gasteiger charge is 2.02. The second kappa shape index (κ2) is 6.05. The van der Waals surface area contributed by atoms with Crippen molar-refractivity contribution >= 4 is 22.2 Å². The summed E-state index contributed by atoms with van der Waals surface area (Å²) >= 11 is 0.687. The highest BCUT2D eigenvalue weighted by atomic mass is 32.2. The fourth-order valence-electron chi connectivity index (χ4n) is 0.842. The molecule has 0 fully saturated rings. The Hall–Kier alpha value is -1.53. The molecular formula is C9H11N3O2S. The molecule has 6 heteroatoms. The van der Waals surface area contributed by atoms with Crippen molar-refractivity contribution in [2.75, 3.05) is 0 Å². The van der Waals surface area contributed by atoms with Gasteiger partial charge in [0.25, 0.3) is 5.23 Å². The molecule has 0 aliphatic carbocycles. The Labute approximate surface area is 91.5 Å². The van der Waals surface area contributed by atoms with Crippen molar-refractivity contribution in [3.8, 4) is 0 Å². The van der Waals surface area contributed by atoms with E-state index in [-0.39, 0.29) is 17.0 Å². The zero-order valence-electron chi connectivity index (χ0n) is 7.90. The fraction of sp³-hybridized carbons (Fsp3) is 0.111. The minimum absolute atomic E-state index is 0.205. The molecular weight excluding hydrogens is 214 g/mol. The molecule has 80 valence electrons. The monoisotopic (exact) mass is 225 g/mol. The van der Waals surface area contributed by atoms with Gasteiger partial charge in [0.2, 0.25) is 0 Å². The van der Waals surface area contributed by atoms with Crippen molar-refractivity contribution in [2.24, 2.45) is 5.73 Å². The summed E-state index contributed by atoms with van der Waals surface area (Å²) in [5.74, 6) is 0. The van der Waals surface area contributed by atoms with Gasteiger partial charge in [0, 0.05) is 11.8 Å². The fourth-order valence-corrected chi connectivity index (χ4v) is 1.12. The molecule has 15 heavy (non-hydrogen) atoms. The summed E-state index contributed by atoms with van der Waals surface area (Å²) in [6.45, 7) is 0.252. The van der Waals surface area contributed by atoms with Crippen molar-refractivity contribution in [2.45, 2.75) is 6.61 Å². The molecule has 0 aromatic heterocycles. The first-order valence-corrected chi connectivity index (χ1v) is 4.94. The van der Waals surface area contributed by atoms with Crippen molar-refractivity contribution in [1.82, 2.24) is 0 Å². The van der Waals surface area contributed by atoms with Gasteiger partial charge in [0.05, 0.1) is 0 Å². The smallest absolute Gasteiger partial charge is 0.291 e. The van der Waals surface area contributed by atoms with Crippen LogP contribution in [0.1, 0.15) is 5.56 Å². The average Bonchev–Trinajstić information content (AvgIpc) is 2.18. The highest BCUT2D eigenvalue weighted by molar-refractivity contribution is 8.25.